The lowest BCUT2D eigenvalue weighted by Gasteiger charge is -2.08. The topological polar surface area (TPSA) is 40.2 Å². The Morgan fingerprint density at radius 2 is 2.00 bits per heavy atom. The predicted octanol–water partition coefficient (Wildman–Crippen LogP) is 3.74. The average molecular weight is 268 g/mol. The van der Waals surface area contributed by atoms with Crippen LogP contribution in [0.5, 0.6) is 5.75 Å². The quantitative estimate of drug-likeness (QED) is 0.707. The first-order valence-electron chi connectivity index (χ1n) is 6.64. The van der Waals surface area contributed by atoms with Gasteiger partial charge in [0.1, 0.15) is 18.1 Å². The van der Waals surface area contributed by atoms with E-state index in [2.05, 4.69) is 12.0 Å². The van der Waals surface area contributed by atoms with Crippen molar-refractivity contribution in [3.05, 3.63) is 60.6 Å². The van der Waals surface area contributed by atoms with Gasteiger partial charge >= 0.3 is 0 Å². The number of benzene rings is 1. The predicted molar refractivity (Wildman–Crippen MR) is 76.4 cm³/mol. The fraction of sp³-hybridized carbons (Fsp3) is 0.188. The van der Waals surface area contributed by atoms with Crippen LogP contribution in [0.25, 0.3) is 11.3 Å². The van der Waals surface area contributed by atoms with Gasteiger partial charge in [-0.05, 0) is 49.4 Å². The molecule has 3 aromatic rings. The second-order valence-electron chi connectivity index (χ2n) is 4.43. The molecule has 0 saturated carbocycles. The molecule has 0 unspecified atom stereocenters. The van der Waals surface area contributed by atoms with E-state index in [0.29, 0.717) is 6.61 Å². The number of aryl methyl sites for hydroxylation is 1. The SMILES string of the molecule is CCn1nccc1COc1ccc(-c2ccco2)cc1. The molecule has 0 aliphatic carbocycles. The van der Waals surface area contributed by atoms with Gasteiger partial charge in [-0.1, -0.05) is 0 Å². The first-order valence-corrected chi connectivity index (χ1v) is 6.64. The average Bonchev–Trinajstić information content (AvgIpc) is 3.16. The molecule has 0 amide bonds. The fourth-order valence-electron chi connectivity index (χ4n) is 2.08. The van der Waals surface area contributed by atoms with Crippen LogP contribution in [0.1, 0.15) is 12.6 Å². The molecule has 3 rings (SSSR count). The highest BCUT2D eigenvalue weighted by Crippen LogP contribution is 2.23. The summed E-state index contributed by atoms with van der Waals surface area (Å²) >= 11 is 0. The van der Waals surface area contributed by atoms with Gasteiger partial charge in [-0.15, -0.1) is 0 Å². The second-order valence-corrected chi connectivity index (χ2v) is 4.43. The van der Waals surface area contributed by atoms with Crippen LogP contribution in [0.15, 0.2) is 59.3 Å². The molecule has 4 nitrogen and oxygen atoms in total. The largest absolute Gasteiger partial charge is 0.487 e. The molecule has 0 bridgehead atoms. The number of rotatable bonds is 5. The van der Waals surface area contributed by atoms with Crippen molar-refractivity contribution >= 4 is 0 Å². The van der Waals surface area contributed by atoms with Gasteiger partial charge in [0.2, 0.25) is 0 Å². The van der Waals surface area contributed by atoms with Crippen molar-refractivity contribution in [2.75, 3.05) is 0 Å². The fourth-order valence-corrected chi connectivity index (χ4v) is 2.08. The normalized spacial score (nSPS) is 10.7. The third kappa shape index (κ3) is 2.59. The Morgan fingerprint density at radius 1 is 1.15 bits per heavy atom. The van der Waals surface area contributed by atoms with Gasteiger partial charge in [0, 0.05) is 18.3 Å². The summed E-state index contributed by atoms with van der Waals surface area (Å²) in [6.45, 7) is 3.44. The van der Waals surface area contributed by atoms with Crippen molar-refractivity contribution in [3.63, 3.8) is 0 Å². The van der Waals surface area contributed by atoms with E-state index in [4.69, 9.17) is 9.15 Å². The molecule has 2 aromatic heterocycles. The Bertz CT molecular complexity index is 654. The standard InChI is InChI=1S/C16H16N2O2/c1-2-18-14(9-10-17-18)12-20-15-7-5-13(6-8-15)16-4-3-11-19-16/h3-11H,2,12H2,1H3. The molecule has 0 atom stereocenters. The van der Waals surface area contributed by atoms with Crippen molar-refractivity contribution in [2.24, 2.45) is 0 Å². The number of hydrogen-bond acceptors (Lipinski definition) is 3. The van der Waals surface area contributed by atoms with E-state index >= 15 is 0 Å². The number of nitrogens with zero attached hydrogens (tertiary/aromatic N) is 2. The summed E-state index contributed by atoms with van der Waals surface area (Å²) < 4.78 is 13.1. The van der Waals surface area contributed by atoms with E-state index < -0.39 is 0 Å². The molecule has 4 heteroatoms. The van der Waals surface area contributed by atoms with E-state index in [-0.39, 0.29) is 0 Å². The number of furan rings is 1. The smallest absolute Gasteiger partial charge is 0.133 e. The molecule has 0 aliphatic rings. The molecule has 0 N–H and O–H groups in total. The second kappa shape index (κ2) is 5.65. The van der Waals surface area contributed by atoms with Gasteiger partial charge < -0.3 is 9.15 Å². The third-order valence-electron chi connectivity index (χ3n) is 3.15. The molecular formula is C16H16N2O2. The van der Waals surface area contributed by atoms with Crippen LogP contribution in [0.4, 0.5) is 0 Å². The number of hydrogen-bond donors (Lipinski definition) is 0. The zero-order chi connectivity index (χ0) is 13.8. The summed E-state index contributed by atoms with van der Waals surface area (Å²) in [7, 11) is 0. The highest BCUT2D eigenvalue weighted by Gasteiger charge is 2.03. The number of ether oxygens (including phenoxy) is 1. The van der Waals surface area contributed by atoms with Crippen LogP contribution >= 0.6 is 0 Å². The summed E-state index contributed by atoms with van der Waals surface area (Å²) in [5, 5.41) is 4.22. The van der Waals surface area contributed by atoms with E-state index in [0.717, 1.165) is 29.3 Å². The zero-order valence-corrected chi connectivity index (χ0v) is 11.3. The molecule has 0 saturated heterocycles. The summed E-state index contributed by atoms with van der Waals surface area (Å²) in [5.74, 6) is 1.70. The Labute approximate surface area is 117 Å². The highest BCUT2D eigenvalue weighted by atomic mass is 16.5. The van der Waals surface area contributed by atoms with Gasteiger partial charge in [0.25, 0.3) is 0 Å². The summed E-state index contributed by atoms with van der Waals surface area (Å²) in [6, 6.07) is 13.7. The molecule has 0 spiro atoms. The van der Waals surface area contributed by atoms with E-state index in [1.807, 2.05) is 47.1 Å². The van der Waals surface area contributed by atoms with Gasteiger partial charge in [-0.25, -0.2) is 0 Å². The molecule has 20 heavy (non-hydrogen) atoms. The molecule has 2 heterocycles. The Morgan fingerprint density at radius 3 is 2.70 bits per heavy atom. The highest BCUT2D eigenvalue weighted by molar-refractivity contribution is 5.58. The van der Waals surface area contributed by atoms with Gasteiger partial charge in [0.05, 0.1) is 12.0 Å². The molecule has 0 fully saturated rings. The maximum absolute atomic E-state index is 5.77. The Balaban J connectivity index is 1.67. The lowest BCUT2D eigenvalue weighted by molar-refractivity contribution is 0.292. The minimum absolute atomic E-state index is 0.522. The van der Waals surface area contributed by atoms with Crippen LogP contribution in [0.3, 0.4) is 0 Å². The first kappa shape index (κ1) is 12.5. The van der Waals surface area contributed by atoms with Crippen LogP contribution in [0.2, 0.25) is 0 Å². The Kier molecular flexibility index (Phi) is 3.54. The van der Waals surface area contributed by atoms with Crippen LogP contribution in [-0.4, -0.2) is 9.78 Å². The minimum Gasteiger partial charge on any atom is -0.487 e. The van der Waals surface area contributed by atoms with E-state index in [1.54, 1.807) is 12.5 Å². The Hall–Kier alpha value is -2.49. The van der Waals surface area contributed by atoms with Crippen molar-refractivity contribution < 1.29 is 9.15 Å². The van der Waals surface area contributed by atoms with Gasteiger partial charge in [-0.3, -0.25) is 4.68 Å². The molecular weight excluding hydrogens is 252 g/mol. The molecule has 0 aliphatic heterocycles. The lowest BCUT2D eigenvalue weighted by Crippen LogP contribution is -2.05. The summed E-state index contributed by atoms with van der Waals surface area (Å²) in [5.41, 5.74) is 2.11. The molecule has 0 radical (unpaired) electrons. The summed E-state index contributed by atoms with van der Waals surface area (Å²) in [6.07, 6.45) is 3.47. The first-order chi connectivity index (χ1) is 9.86. The third-order valence-corrected chi connectivity index (χ3v) is 3.15. The minimum atomic E-state index is 0.522. The maximum Gasteiger partial charge on any atom is 0.133 e. The molecule has 1 aromatic carbocycles. The van der Waals surface area contributed by atoms with Crippen LogP contribution in [0, 0.1) is 0 Å². The van der Waals surface area contributed by atoms with E-state index in [1.165, 1.54) is 0 Å². The van der Waals surface area contributed by atoms with Crippen molar-refractivity contribution in [1.82, 2.24) is 9.78 Å². The van der Waals surface area contributed by atoms with Gasteiger partial charge in [-0.2, -0.15) is 5.10 Å². The summed E-state index contributed by atoms with van der Waals surface area (Å²) in [4.78, 5) is 0. The van der Waals surface area contributed by atoms with Crippen molar-refractivity contribution in [1.29, 1.82) is 0 Å². The lowest BCUT2D eigenvalue weighted by atomic mass is 10.2. The molecule has 102 valence electrons. The van der Waals surface area contributed by atoms with E-state index in [9.17, 15) is 0 Å². The van der Waals surface area contributed by atoms with Crippen LogP contribution in [-0.2, 0) is 13.2 Å². The monoisotopic (exact) mass is 268 g/mol. The van der Waals surface area contributed by atoms with Crippen molar-refractivity contribution in [3.8, 4) is 17.1 Å². The van der Waals surface area contributed by atoms with Crippen LogP contribution < -0.4 is 4.74 Å². The maximum atomic E-state index is 5.77. The number of aromatic nitrogens is 2. The van der Waals surface area contributed by atoms with Gasteiger partial charge in [0.15, 0.2) is 0 Å². The zero-order valence-electron chi connectivity index (χ0n) is 11.3. The van der Waals surface area contributed by atoms with Crippen molar-refractivity contribution in [2.45, 2.75) is 20.1 Å².